The summed E-state index contributed by atoms with van der Waals surface area (Å²) in [6.07, 6.45) is -0.293. The van der Waals surface area contributed by atoms with E-state index in [4.69, 9.17) is 9.47 Å². The van der Waals surface area contributed by atoms with E-state index >= 15 is 0 Å². The lowest BCUT2D eigenvalue weighted by molar-refractivity contribution is -0.0464. The molecule has 0 bridgehead atoms. The van der Waals surface area contributed by atoms with Crippen LogP contribution in [-0.4, -0.2) is 49.0 Å². The Morgan fingerprint density at radius 1 is 1.42 bits per heavy atom. The van der Waals surface area contributed by atoms with Gasteiger partial charge in [-0.25, -0.2) is 0 Å². The Bertz CT molecular complexity index is 377. The molecule has 1 N–H and O–H groups in total. The van der Waals surface area contributed by atoms with Gasteiger partial charge in [-0.1, -0.05) is 19.1 Å². The molecule has 0 saturated carbocycles. The lowest BCUT2D eigenvalue weighted by Crippen LogP contribution is -2.44. The molecule has 0 aromatic heterocycles. The van der Waals surface area contributed by atoms with E-state index in [9.17, 15) is 5.11 Å². The fraction of sp³-hybridized carbons (Fsp3) is 0.600. The highest BCUT2D eigenvalue weighted by Gasteiger charge is 2.19. The van der Waals surface area contributed by atoms with Gasteiger partial charge in [0.1, 0.15) is 18.5 Å². The largest absolute Gasteiger partial charge is 0.491 e. The quantitative estimate of drug-likeness (QED) is 0.882. The molecule has 1 aliphatic heterocycles. The number of hydrogen-bond acceptors (Lipinski definition) is 4. The Kier molecular flexibility index (Phi) is 5.19. The maximum absolute atomic E-state index is 9.44. The summed E-state index contributed by atoms with van der Waals surface area (Å²) >= 11 is 0. The van der Waals surface area contributed by atoms with Gasteiger partial charge < -0.3 is 14.6 Å². The van der Waals surface area contributed by atoms with Crippen molar-refractivity contribution in [1.29, 1.82) is 0 Å². The molecule has 1 aromatic rings. The summed E-state index contributed by atoms with van der Waals surface area (Å²) in [7, 11) is 0. The van der Waals surface area contributed by atoms with Crippen LogP contribution in [0, 0.1) is 0 Å². The molecular weight excluding hydrogens is 242 g/mol. The van der Waals surface area contributed by atoms with Crippen LogP contribution in [0.15, 0.2) is 24.3 Å². The summed E-state index contributed by atoms with van der Waals surface area (Å²) in [5.74, 6) is 0.821. The van der Waals surface area contributed by atoms with Crippen molar-refractivity contribution < 1.29 is 14.6 Å². The summed E-state index contributed by atoms with van der Waals surface area (Å²) < 4.78 is 11.4. The summed E-state index contributed by atoms with van der Waals surface area (Å²) in [5.41, 5.74) is 0.901. The van der Waals surface area contributed by atoms with Crippen LogP contribution in [-0.2, 0) is 4.74 Å². The van der Waals surface area contributed by atoms with Gasteiger partial charge in [0, 0.05) is 13.1 Å². The van der Waals surface area contributed by atoms with Crippen LogP contribution < -0.4 is 4.74 Å². The first-order valence-electron chi connectivity index (χ1n) is 6.94. The Hall–Kier alpha value is -1.10. The average Bonchev–Trinajstić information content (AvgIpc) is 2.46. The maximum atomic E-state index is 9.44. The lowest BCUT2D eigenvalue weighted by atomic mass is 10.1. The normalized spacial score (nSPS) is 22.2. The molecule has 0 amide bonds. The van der Waals surface area contributed by atoms with Gasteiger partial charge in [-0.3, -0.25) is 4.90 Å². The first kappa shape index (κ1) is 14.3. The van der Waals surface area contributed by atoms with Gasteiger partial charge in [0.25, 0.3) is 0 Å². The molecule has 106 valence electrons. The predicted molar refractivity (Wildman–Crippen MR) is 74.4 cm³/mol. The number of morpholine rings is 1. The van der Waals surface area contributed by atoms with Crippen molar-refractivity contribution in [2.75, 3.05) is 32.8 Å². The molecule has 1 heterocycles. The van der Waals surface area contributed by atoms with Gasteiger partial charge in [-0.15, -0.1) is 0 Å². The lowest BCUT2D eigenvalue weighted by Gasteiger charge is -2.31. The van der Waals surface area contributed by atoms with E-state index in [2.05, 4.69) is 11.8 Å². The second-order valence-corrected chi connectivity index (χ2v) is 4.94. The predicted octanol–water partition coefficient (Wildman–Crippen LogP) is 1.84. The topological polar surface area (TPSA) is 41.9 Å². The molecule has 1 fully saturated rings. The smallest absolute Gasteiger partial charge is 0.119 e. The van der Waals surface area contributed by atoms with Crippen LogP contribution >= 0.6 is 0 Å². The molecule has 1 aromatic carbocycles. The third-order valence-corrected chi connectivity index (χ3v) is 3.47. The summed E-state index contributed by atoms with van der Waals surface area (Å²) in [4.78, 5) is 2.37. The van der Waals surface area contributed by atoms with Gasteiger partial charge in [-0.05, 0) is 31.2 Å². The van der Waals surface area contributed by atoms with Crippen LogP contribution in [0.2, 0.25) is 0 Å². The monoisotopic (exact) mass is 265 g/mol. The van der Waals surface area contributed by atoms with Crippen molar-refractivity contribution in [3.8, 4) is 5.75 Å². The van der Waals surface area contributed by atoms with Crippen LogP contribution in [0.5, 0.6) is 5.75 Å². The average molecular weight is 265 g/mol. The number of aliphatic hydroxyl groups is 1. The van der Waals surface area contributed by atoms with E-state index in [0.717, 1.165) is 37.6 Å². The molecule has 1 unspecified atom stereocenters. The number of benzene rings is 1. The zero-order valence-corrected chi connectivity index (χ0v) is 11.7. The molecule has 1 saturated heterocycles. The third-order valence-electron chi connectivity index (χ3n) is 3.47. The number of ether oxygens (including phenoxy) is 2. The highest BCUT2D eigenvalue weighted by Crippen LogP contribution is 2.18. The maximum Gasteiger partial charge on any atom is 0.119 e. The SMILES string of the molecule is CCN1CCOC(COc2ccc([C@H](C)O)cc2)C1. The van der Waals surface area contributed by atoms with Gasteiger partial charge in [-0.2, -0.15) is 0 Å². The van der Waals surface area contributed by atoms with Crippen molar-refractivity contribution in [1.82, 2.24) is 4.90 Å². The minimum atomic E-state index is -0.436. The Morgan fingerprint density at radius 2 is 2.16 bits per heavy atom. The van der Waals surface area contributed by atoms with E-state index in [1.165, 1.54) is 0 Å². The first-order chi connectivity index (χ1) is 9.19. The molecule has 19 heavy (non-hydrogen) atoms. The number of likely N-dealkylation sites (N-methyl/N-ethyl adjacent to an activating group) is 1. The molecule has 0 radical (unpaired) electrons. The van der Waals surface area contributed by atoms with E-state index in [-0.39, 0.29) is 6.10 Å². The van der Waals surface area contributed by atoms with Crippen molar-refractivity contribution in [3.05, 3.63) is 29.8 Å². The van der Waals surface area contributed by atoms with Crippen LogP contribution in [0.25, 0.3) is 0 Å². The minimum absolute atomic E-state index is 0.144. The molecule has 2 atom stereocenters. The second kappa shape index (κ2) is 6.89. The number of nitrogens with zero attached hydrogens (tertiary/aromatic N) is 1. The fourth-order valence-corrected chi connectivity index (χ4v) is 2.20. The molecule has 0 aliphatic carbocycles. The number of aliphatic hydroxyl groups excluding tert-OH is 1. The molecule has 2 rings (SSSR count). The zero-order chi connectivity index (χ0) is 13.7. The summed E-state index contributed by atoms with van der Waals surface area (Å²) in [6.45, 7) is 8.28. The number of rotatable bonds is 5. The van der Waals surface area contributed by atoms with E-state index in [1.54, 1.807) is 6.92 Å². The minimum Gasteiger partial charge on any atom is -0.491 e. The van der Waals surface area contributed by atoms with Crippen molar-refractivity contribution in [2.24, 2.45) is 0 Å². The molecule has 4 heteroatoms. The highest BCUT2D eigenvalue weighted by atomic mass is 16.5. The molecular formula is C15H23NO3. The standard InChI is InChI=1S/C15H23NO3/c1-3-16-8-9-18-15(10-16)11-19-14-6-4-13(5-7-14)12(2)17/h4-7,12,15,17H,3,8-11H2,1-2H3/t12-,15?/m0/s1. The van der Waals surface area contributed by atoms with Crippen LogP contribution in [0.1, 0.15) is 25.5 Å². The Morgan fingerprint density at radius 3 is 2.79 bits per heavy atom. The van der Waals surface area contributed by atoms with Crippen molar-refractivity contribution >= 4 is 0 Å². The van der Waals surface area contributed by atoms with Crippen molar-refractivity contribution in [3.63, 3.8) is 0 Å². The first-order valence-corrected chi connectivity index (χ1v) is 6.94. The van der Waals surface area contributed by atoms with Gasteiger partial charge in [0.05, 0.1) is 12.7 Å². The Balaban J connectivity index is 1.81. The van der Waals surface area contributed by atoms with Gasteiger partial charge in [0.2, 0.25) is 0 Å². The Labute approximate surface area is 114 Å². The molecule has 1 aliphatic rings. The fourth-order valence-electron chi connectivity index (χ4n) is 2.20. The van der Waals surface area contributed by atoms with Crippen molar-refractivity contribution in [2.45, 2.75) is 26.1 Å². The second-order valence-electron chi connectivity index (χ2n) is 4.94. The van der Waals surface area contributed by atoms with Crippen LogP contribution in [0.4, 0.5) is 0 Å². The van der Waals surface area contributed by atoms with Gasteiger partial charge >= 0.3 is 0 Å². The van der Waals surface area contributed by atoms with E-state index in [0.29, 0.717) is 6.61 Å². The molecule has 4 nitrogen and oxygen atoms in total. The zero-order valence-electron chi connectivity index (χ0n) is 11.7. The third kappa shape index (κ3) is 4.20. The van der Waals surface area contributed by atoms with E-state index < -0.39 is 6.10 Å². The highest BCUT2D eigenvalue weighted by molar-refractivity contribution is 5.28. The number of hydrogen-bond donors (Lipinski definition) is 1. The summed E-state index contributed by atoms with van der Waals surface area (Å²) in [5, 5.41) is 9.44. The van der Waals surface area contributed by atoms with Crippen LogP contribution in [0.3, 0.4) is 0 Å². The summed E-state index contributed by atoms with van der Waals surface area (Å²) in [6, 6.07) is 7.56. The van der Waals surface area contributed by atoms with E-state index in [1.807, 2.05) is 24.3 Å². The van der Waals surface area contributed by atoms with Gasteiger partial charge in [0.15, 0.2) is 0 Å². The molecule has 0 spiro atoms.